The highest BCUT2D eigenvalue weighted by Crippen LogP contribution is 2.20. The molecule has 3 rings (SSSR count). The van der Waals surface area contributed by atoms with Gasteiger partial charge in [0.05, 0.1) is 5.75 Å². The molecule has 1 aromatic heterocycles. The zero-order chi connectivity index (χ0) is 15.4. The highest BCUT2D eigenvalue weighted by molar-refractivity contribution is 7.83. The van der Waals surface area contributed by atoms with E-state index in [1.54, 1.807) is 4.68 Å². The van der Waals surface area contributed by atoms with E-state index < -0.39 is 10.8 Å². The molecule has 1 atom stereocenters. The van der Waals surface area contributed by atoms with Gasteiger partial charge in [0, 0.05) is 23.1 Å². The Hall–Kier alpha value is -2.08. The van der Waals surface area contributed by atoms with Crippen LogP contribution in [-0.4, -0.2) is 24.4 Å². The van der Waals surface area contributed by atoms with E-state index in [-0.39, 0.29) is 0 Å². The molecule has 0 saturated heterocycles. The van der Waals surface area contributed by atoms with Crippen LogP contribution >= 0.6 is 0 Å². The monoisotopic (exact) mass is 314 g/mol. The smallest absolute Gasteiger partial charge is 0.163 e. The molecule has 114 valence electrons. The number of benzene rings is 2. The van der Waals surface area contributed by atoms with Gasteiger partial charge in [-0.3, -0.25) is 4.21 Å². The maximum Gasteiger partial charge on any atom is 0.163 e. The number of hydrogen-bond acceptors (Lipinski definition) is 4. The van der Waals surface area contributed by atoms with Gasteiger partial charge < -0.3 is 0 Å². The molecule has 6 heteroatoms. The molecule has 1 unspecified atom stereocenters. The topological polar surface area (TPSA) is 60.7 Å². The molecular weight excluding hydrogens is 296 g/mol. The highest BCUT2D eigenvalue weighted by atomic mass is 32.2. The van der Waals surface area contributed by atoms with Crippen molar-refractivity contribution >= 4 is 21.6 Å². The molecule has 0 aliphatic heterocycles. The molecule has 0 spiro atoms. The van der Waals surface area contributed by atoms with E-state index in [2.05, 4.69) is 40.6 Å². The molecule has 0 aliphatic carbocycles. The average Bonchev–Trinajstić information content (AvgIpc) is 2.95. The molecule has 0 aliphatic rings. The average molecular weight is 314 g/mol. The van der Waals surface area contributed by atoms with Crippen LogP contribution in [0.4, 0.5) is 0 Å². The van der Waals surface area contributed by atoms with Gasteiger partial charge in [0.2, 0.25) is 0 Å². The van der Waals surface area contributed by atoms with Crippen molar-refractivity contribution in [1.82, 2.24) is 20.2 Å². The van der Waals surface area contributed by atoms with Gasteiger partial charge in [0.1, 0.15) is 0 Å². The lowest BCUT2D eigenvalue weighted by atomic mass is 10.1. The summed E-state index contributed by atoms with van der Waals surface area (Å²) in [5, 5.41) is 13.9. The van der Waals surface area contributed by atoms with E-state index in [1.807, 2.05) is 24.3 Å². The molecule has 0 saturated carbocycles. The SMILES string of the molecule is CCCn1nnnc1CS(=O)Cc1cccc2ccccc12. The maximum absolute atomic E-state index is 12.5. The summed E-state index contributed by atoms with van der Waals surface area (Å²) in [4.78, 5) is 0. The van der Waals surface area contributed by atoms with E-state index >= 15 is 0 Å². The molecule has 0 radical (unpaired) electrons. The number of aromatic nitrogens is 4. The van der Waals surface area contributed by atoms with Crippen molar-refractivity contribution < 1.29 is 4.21 Å². The fourth-order valence-corrected chi connectivity index (χ4v) is 3.69. The minimum absolute atomic E-state index is 0.385. The van der Waals surface area contributed by atoms with Crippen LogP contribution in [0.2, 0.25) is 0 Å². The van der Waals surface area contributed by atoms with Gasteiger partial charge in [0.15, 0.2) is 5.82 Å². The Morgan fingerprint density at radius 1 is 1.09 bits per heavy atom. The highest BCUT2D eigenvalue weighted by Gasteiger charge is 2.11. The number of fused-ring (bicyclic) bond motifs is 1. The second kappa shape index (κ2) is 6.79. The Morgan fingerprint density at radius 2 is 1.91 bits per heavy atom. The number of aryl methyl sites for hydroxylation is 1. The normalized spacial score (nSPS) is 12.6. The zero-order valence-electron chi connectivity index (χ0n) is 12.5. The van der Waals surface area contributed by atoms with Gasteiger partial charge in [-0.1, -0.05) is 49.4 Å². The Balaban J connectivity index is 1.77. The van der Waals surface area contributed by atoms with Crippen molar-refractivity contribution in [1.29, 1.82) is 0 Å². The third-order valence-corrected chi connectivity index (χ3v) is 4.74. The zero-order valence-corrected chi connectivity index (χ0v) is 13.3. The van der Waals surface area contributed by atoms with E-state index in [0.29, 0.717) is 17.3 Å². The molecule has 22 heavy (non-hydrogen) atoms. The van der Waals surface area contributed by atoms with Crippen LogP contribution in [0.5, 0.6) is 0 Å². The Labute approximate surface area is 131 Å². The lowest BCUT2D eigenvalue weighted by molar-refractivity contribution is 0.562. The van der Waals surface area contributed by atoms with Crippen LogP contribution < -0.4 is 0 Å². The third kappa shape index (κ3) is 3.22. The van der Waals surface area contributed by atoms with Crippen LogP contribution in [0.25, 0.3) is 10.8 Å². The van der Waals surface area contributed by atoms with Crippen molar-refractivity contribution in [2.45, 2.75) is 31.4 Å². The van der Waals surface area contributed by atoms with Gasteiger partial charge in [0.25, 0.3) is 0 Å². The number of hydrogen-bond donors (Lipinski definition) is 0. The van der Waals surface area contributed by atoms with Crippen molar-refractivity contribution in [2.24, 2.45) is 0 Å². The number of tetrazole rings is 1. The van der Waals surface area contributed by atoms with Crippen molar-refractivity contribution in [3.05, 3.63) is 53.9 Å². The summed E-state index contributed by atoms with van der Waals surface area (Å²) in [5.41, 5.74) is 1.10. The second-order valence-electron chi connectivity index (χ2n) is 5.19. The predicted octanol–water partition coefficient (Wildman–Crippen LogP) is 2.69. The molecule has 0 amide bonds. The molecule has 5 nitrogen and oxygen atoms in total. The van der Waals surface area contributed by atoms with Crippen molar-refractivity contribution in [3.8, 4) is 0 Å². The maximum atomic E-state index is 12.5. The summed E-state index contributed by atoms with van der Waals surface area (Å²) in [7, 11) is -1.03. The van der Waals surface area contributed by atoms with E-state index in [4.69, 9.17) is 0 Å². The van der Waals surface area contributed by atoms with Crippen LogP contribution in [0.15, 0.2) is 42.5 Å². The first kappa shape index (κ1) is 14.8. The summed E-state index contributed by atoms with van der Waals surface area (Å²) in [5.74, 6) is 1.59. The quantitative estimate of drug-likeness (QED) is 0.702. The largest absolute Gasteiger partial charge is 0.259 e. The molecule has 3 aromatic rings. The van der Waals surface area contributed by atoms with Crippen molar-refractivity contribution in [3.63, 3.8) is 0 Å². The Morgan fingerprint density at radius 3 is 2.77 bits per heavy atom. The van der Waals surface area contributed by atoms with Crippen molar-refractivity contribution in [2.75, 3.05) is 0 Å². The molecular formula is C16H18N4OS. The Kier molecular flexibility index (Phi) is 4.58. The second-order valence-corrected chi connectivity index (χ2v) is 6.64. The Bertz CT molecular complexity index is 794. The van der Waals surface area contributed by atoms with Crippen LogP contribution in [0, 0.1) is 0 Å². The van der Waals surface area contributed by atoms with Crippen LogP contribution in [0.3, 0.4) is 0 Å². The summed E-state index contributed by atoms with van der Waals surface area (Å²) in [6.45, 7) is 2.83. The van der Waals surface area contributed by atoms with Gasteiger partial charge in [-0.05, 0) is 33.2 Å². The fraction of sp³-hybridized carbons (Fsp3) is 0.312. The van der Waals surface area contributed by atoms with Gasteiger partial charge in [-0.15, -0.1) is 5.10 Å². The fourth-order valence-electron chi connectivity index (χ4n) is 2.50. The van der Waals surface area contributed by atoms with E-state index in [9.17, 15) is 4.21 Å². The summed E-state index contributed by atoms with van der Waals surface area (Å²) in [6, 6.07) is 14.3. The van der Waals surface area contributed by atoms with Gasteiger partial charge in [-0.2, -0.15) is 0 Å². The first-order valence-corrected chi connectivity index (χ1v) is 8.83. The molecule has 0 fully saturated rings. The van der Waals surface area contributed by atoms with E-state index in [1.165, 1.54) is 5.39 Å². The van der Waals surface area contributed by atoms with Gasteiger partial charge in [-0.25, -0.2) is 4.68 Å². The molecule has 0 bridgehead atoms. The number of nitrogens with zero attached hydrogens (tertiary/aromatic N) is 4. The summed E-state index contributed by atoms with van der Waals surface area (Å²) in [6.07, 6.45) is 0.952. The lowest BCUT2D eigenvalue weighted by Crippen LogP contribution is -2.09. The van der Waals surface area contributed by atoms with E-state index in [0.717, 1.165) is 23.9 Å². The summed E-state index contributed by atoms with van der Waals surface area (Å²) >= 11 is 0. The molecule has 2 aromatic carbocycles. The standard InChI is InChI=1S/C16H18N4OS/c1-2-10-20-16(17-18-19-20)12-22(21)11-14-8-5-7-13-6-3-4-9-15(13)14/h3-9H,2,10-12H2,1H3. The lowest BCUT2D eigenvalue weighted by Gasteiger charge is -2.07. The number of rotatable bonds is 6. The van der Waals surface area contributed by atoms with Crippen LogP contribution in [-0.2, 0) is 28.9 Å². The first-order chi connectivity index (χ1) is 10.8. The summed E-state index contributed by atoms with van der Waals surface area (Å²) < 4.78 is 14.2. The molecule has 0 N–H and O–H groups in total. The van der Waals surface area contributed by atoms with Gasteiger partial charge >= 0.3 is 0 Å². The van der Waals surface area contributed by atoms with Crippen LogP contribution in [0.1, 0.15) is 24.7 Å². The molecule has 1 heterocycles. The minimum Gasteiger partial charge on any atom is -0.259 e. The first-order valence-electron chi connectivity index (χ1n) is 7.34. The minimum atomic E-state index is -1.03. The predicted molar refractivity (Wildman–Crippen MR) is 87.6 cm³/mol. The third-order valence-electron chi connectivity index (χ3n) is 3.53.